The lowest BCUT2D eigenvalue weighted by molar-refractivity contribution is -0.117. The molecule has 0 amide bonds. The van der Waals surface area contributed by atoms with Gasteiger partial charge in [-0.05, 0) is 33.3 Å². The molecule has 0 radical (unpaired) electrons. The summed E-state index contributed by atoms with van der Waals surface area (Å²) in [5.41, 5.74) is 6.24. The highest BCUT2D eigenvalue weighted by atomic mass is 32.1. The Labute approximate surface area is 134 Å². The van der Waals surface area contributed by atoms with Gasteiger partial charge in [0.1, 0.15) is 12.0 Å². The molecule has 0 aliphatic carbocycles. The normalized spacial score (nSPS) is 15.2. The van der Waals surface area contributed by atoms with Gasteiger partial charge in [0.05, 0.1) is 11.0 Å². The van der Waals surface area contributed by atoms with Gasteiger partial charge >= 0.3 is 0 Å². The molecular weight excluding hydrogens is 302 g/mol. The first-order chi connectivity index (χ1) is 10.1. The van der Waals surface area contributed by atoms with Crippen LogP contribution in [0.3, 0.4) is 0 Å². The average molecular weight is 325 g/mol. The predicted molar refractivity (Wildman–Crippen MR) is 86.8 cm³/mol. The number of ketones is 2. The zero-order chi connectivity index (χ0) is 17.0. The number of aliphatic hydroxyl groups excluding tert-OH is 2. The average Bonchev–Trinajstić information content (AvgIpc) is 2.79. The molecule has 0 fully saturated rings. The van der Waals surface area contributed by atoms with Crippen LogP contribution in [0.15, 0.2) is 18.2 Å². The summed E-state index contributed by atoms with van der Waals surface area (Å²) in [4.78, 5) is 25.0. The number of thiophene rings is 1. The van der Waals surface area contributed by atoms with Gasteiger partial charge in [0.15, 0.2) is 5.78 Å². The Balaban J connectivity index is 3.04. The van der Waals surface area contributed by atoms with E-state index < -0.39 is 18.2 Å². The van der Waals surface area contributed by atoms with E-state index in [0.717, 1.165) is 4.88 Å². The second kappa shape index (κ2) is 7.78. The summed E-state index contributed by atoms with van der Waals surface area (Å²) in [6.45, 7) is 8.65. The maximum absolute atomic E-state index is 12.6. The van der Waals surface area contributed by atoms with Crippen molar-refractivity contribution in [1.82, 2.24) is 0 Å². The van der Waals surface area contributed by atoms with Gasteiger partial charge in [-0.3, -0.25) is 4.79 Å². The molecule has 5 nitrogen and oxygen atoms in total. The molecule has 3 unspecified atom stereocenters. The maximum Gasteiger partial charge on any atom is 0.199 e. The van der Waals surface area contributed by atoms with Gasteiger partial charge in [-0.15, -0.1) is 11.3 Å². The number of aryl methyl sites for hydroxylation is 1. The van der Waals surface area contributed by atoms with Crippen molar-refractivity contribution in [1.29, 1.82) is 0 Å². The lowest BCUT2D eigenvalue weighted by Crippen LogP contribution is -2.33. The SMILES string of the molecule is C=C(C(=O)c1sc(C)cc1C(C)O)C(CCC(C)=O)C(N)O. The highest BCUT2D eigenvalue weighted by molar-refractivity contribution is 7.14. The van der Waals surface area contributed by atoms with Crippen LogP contribution in [-0.2, 0) is 4.79 Å². The van der Waals surface area contributed by atoms with Crippen molar-refractivity contribution >= 4 is 22.9 Å². The number of carbonyl (C=O) groups is 2. The number of Topliss-reactive ketones (excluding diaryl/α,β-unsaturated/α-hetero) is 2. The van der Waals surface area contributed by atoms with Gasteiger partial charge in [0, 0.05) is 28.4 Å². The summed E-state index contributed by atoms with van der Waals surface area (Å²) in [5, 5.41) is 19.5. The highest BCUT2D eigenvalue weighted by Crippen LogP contribution is 2.31. The first-order valence-electron chi connectivity index (χ1n) is 7.10. The number of hydrogen-bond donors (Lipinski definition) is 3. The maximum atomic E-state index is 12.6. The van der Waals surface area contributed by atoms with E-state index in [9.17, 15) is 19.8 Å². The van der Waals surface area contributed by atoms with Gasteiger partial charge in [-0.1, -0.05) is 6.58 Å². The summed E-state index contributed by atoms with van der Waals surface area (Å²) >= 11 is 1.27. The number of nitrogens with two attached hydrogens (primary N) is 1. The van der Waals surface area contributed by atoms with Crippen molar-refractivity contribution in [3.63, 3.8) is 0 Å². The quantitative estimate of drug-likeness (QED) is 0.386. The van der Waals surface area contributed by atoms with Gasteiger partial charge in [0.2, 0.25) is 0 Å². The smallest absolute Gasteiger partial charge is 0.199 e. The topological polar surface area (TPSA) is 101 Å². The molecule has 0 saturated carbocycles. The Hall–Kier alpha value is -1.34. The molecule has 0 spiro atoms. The molecule has 0 bridgehead atoms. The summed E-state index contributed by atoms with van der Waals surface area (Å²) in [7, 11) is 0. The van der Waals surface area contributed by atoms with E-state index in [1.54, 1.807) is 13.0 Å². The fourth-order valence-electron chi connectivity index (χ4n) is 2.25. The van der Waals surface area contributed by atoms with Crippen LogP contribution in [0.2, 0.25) is 0 Å². The monoisotopic (exact) mass is 325 g/mol. The van der Waals surface area contributed by atoms with Crippen LogP contribution in [0, 0.1) is 12.8 Å². The van der Waals surface area contributed by atoms with E-state index in [2.05, 4.69) is 6.58 Å². The molecule has 0 aliphatic rings. The van der Waals surface area contributed by atoms with Crippen molar-refractivity contribution < 1.29 is 19.8 Å². The molecule has 0 saturated heterocycles. The standard InChI is InChI=1S/C16H23NO4S/c1-8(18)5-6-12(16(17)21)10(3)14(20)15-13(11(4)19)7-9(2)22-15/h7,11-12,16,19,21H,3,5-6,17H2,1-2,4H3. The third-order valence-corrected chi connectivity index (χ3v) is 4.56. The van der Waals surface area contributed by atoms with Crippen molar-refractivity contribution in [3.8, 4) is 0 Å². The van der Waals surface area contributed by atoms with E-state index in [1.807, 2.05) is 6.92 Å². The minimum atomic E-state index is -1.26. The Kier molecular flexibility index (Phi) is 6.62. The van der Waals surface area contributed by atoms with Gasteiger partial charge < -0.3 is 20.7 Å². The second-order valence-corrected chi connectivity index (χ2v) is 6.77. The van der Waals surface area contributed by atoms with Crippen LogP contribution in [0.4, 0.5) is 0 Å². The number of rotatable bonds is 8. The molecule has 1 aromatic rings. The minimum absolute atomic E-state index is 0.0393. The van der Waals surface area contributed by atoms with E-state index in [-0.39, 0.29) is 30.0 Å². The summed E-state index contributed by atoms with van der Waals surface area (Å²) in [5.74, 6) is -1.06. The Bertz CT molecular complexity index is 575. The van der Waals surface area contributed by atoms with Gasteiger partial charge in [-0.25, -0.2) is 0 Å². The van der Waals surface area contributed by atoms with Crippen LogP contribution < -0.4 is 5.73 Å². The molecule has 1 aromatic heterocycles. The van der Waals surface area contributed by atoms with Crippen molar-refractivity contribution in [2.75, 3.05) is 0 Å². The zero-order valence-electron chi connectivity index (χ0n) is 13.1. The lowest BCUT2D eigenvalue weighted by atomic mass is 9.89. The van der Waals surface area contributed by atoms with E-state index >= 15 is 0 Å². The summed E-state index contributed by atoms with van der Waals surface area (Å²) < 4.78 is 0. The van der Waals surface area contributed by atoms with Crippen LogP contribution >= 0.6 is 11.3 Å². The van der Waals surface area contributed by atoms with Crippen LogP contribution in [-0.4, -0.2) is 28.0 Å². The van der Waals surface area contributed by atoms with Crippen LogP contribution in [0.1, 0.15) is 52.9 Å². The van der Waals surface area contributed by atoms with Crippen molar-refractivity contribution in [3.05, 3.63) is 33.5 Å². The Morgan fingerprint density at radius 3 is 2.45 bits per heavy atom. The molecule has 122 valence electrons. The Morgan fingerprint density at radius 1 is 1.41 bits per heavy atom. The molecule has 6 heteroatoms. The zero-order valence-corrected chi connectivity index (χ0v) is 13.9. The van der Waals surface area contributed by atoms with Crippen molar-refractivity contribution in [2.24, 2.45) is 11.7 Å². The molecule has 1 heterocycles. The third-order valence-electron chi connectivity index (χ3n) is 3.50. The summed E-state index contributed by atoms with van der Waals surface area (Å²) in [6, 6.07) is 1.76. The third kappa shape index (κ3) is 4.58. The van der Waals surface area contributed by atoms with Gasteiger partial charge in [0.25, 0.3) is 0 Å². The first kappa shape index (κ1) is 18.7. The molecule has 0 aromatic carbocycles. The predicted octanol–water partition coefficient (Wildman–Crippen LogP) is 2.11. The van der Waals surface area contributed by atoms with Crippen LogP contribution in [0.25, 0.3) is 0 Å². The minimum Gasteiger partial charge on any atom is -0.389 e. The molecular formula is C16H23NO4S. The highest BCUT2D eigenvalue weighted by Gasteiger charge is 2.28. The van der Waals surface area contributed by atoms with E-state index in [1.165, 1.54) is 18.3 Å². The molecule has 1 rings (SSSR count). The fraction of sp³-hybridized carbons (Fsp3) is 0.500. The fourth-order valence-corrected chi connectivity index (χ4v) is 3.32. The lowest BCUT2D eigenvalue weighted by Gasteiger charge is -2.21. The summed E-state index contributed by atoms with van der Waals surface area (Å²) in [6.07, 6.45) is -1.54. The molecule has 3 atom stereocenters. The number of hydrogen-bond acceptors (Lipinski definition) is 6. The molecule has 0 aliphatic heterocycles. The number of carbonyl (C=O) groups excluding carboxylic acids is 2. The molecule has 4 N–H and O–H groups in total. The van der Waals surface area contributed by atoms with Gasteiger partial charge in [-0.2, -0.15) is 0 Å². The molecule has 22 heavy (non-hydrogen) atoms. The first-order valence-corrected chi connectivity index (χ1v) is 7.91. The second-order valence-electron chi connectivity index (χ2n) is 5.51. The van der Waals surface area contributed by atoms with E-state index in [0.29, 0.717) is 10.4 Å². The van der Waals surface area contributed by atoms with E-state index in [4.69, 9.17) is 5.73 Å². The Morgan fingerprint density at radius 2 is 2.00 bits per heavy atom. The van der Waals surface area contributed by atoms with Crippen molar-refractivity contribution in [2.45, 2.75) is 45.9 Å². The van der Waals surface area contributed by atoms with Crippen LogP contribution in [0.5, 0.6) is 0 Å². The largest absolute Gasteiger partial charge is 0.389 e. The number of aliphatic hydroxyl groups is 2.